The normalized spacial score (nSPS) is 10.6. The monoisotopic (exact) mass is 345 g/mol. The number of amides is 1. The molecule has 23 heavy (non-hydrogen) atoms. The van der Waals surface area contributed by atoms with E-state index in [1.807, 2.05) is 43.5 Å². The number of ether oxygens (including phenoxy) is 1. The Balaban J connectivity index is 1.76. The molecular formula is C16H15N3O2S2. The van der Waals surface area contributed by atoms with Crippen molar-refractivity contribution in [3.05, 3.63) is 45.2 Å². The van der Waals surface area contributed by atoms with Crippen LogP contribution in [0.25, 0.3) is 11.3 Å². The van der Waals surface area contributed by atoms with Gasteiger partial charge in [-0.05, 0) is 38.1 Å². The molecule has 3 rings (SSSR count). The van der Waals surface area contributed by atoms with Crippen LogP contribution in [0.1, 0.15) is 20.4 Å². The van der Waals surface area contributed by atoms with Crippen molar-refractivity contribution in [2.75, 3.05) is 12.4 Å². The third-order valence-corrected chi connectivity index (χ3v) is 5.05. The number of carbonyl (C=O) groups excluding carboxylic acids is 1. The largest absolute Gasteiger partial charge is 0.497 e. The maximum atomic E-state index is 12.3. The zero-order valence-corrected chi connectivity index (χ0v) is 14.5. The highest BCUT2D eigenvalue weighted by Gasteiger charge is 2.15. The Morgan fingerprint density at radius 1 is 1.17 bits per heavy atom. The first kappa shape index (κ1) is 15.6. The summed E-state index contributed by atoms with van der Waals surface area (Å²) in [5.74, 6) is 0.636. The fraction of sp³-hybridized carbons (Fsp3) is 0.188. The summed E-state index contributed by atoms with van der Waals surface area (Å²) in [4.78, 5) is 21.7. The Bertz CT molecular complexity index is 837. The van der Waals surface area contributed by atoms with Gasteiger partial charge >= 0.3 is 0 Å². The third-order valence-electron chi connectivity index (χ3n) is 3.22. The van der Waals surface area contributed by atoms with Gasteiger partial charge in [0.2, 0.25) is 0 Å². The molecule has 0 aliphatic carbocycles. The second-order valence-electron chi connectivity index (χ2n) is 4.87. The van der Waals surface area contributed by atoms with Gasteiger partial charge in [0.05, 0.1) is 23.5 Å². The first-order valence-corrected chi connectivity index (χ1v) is 8.62. The molecule has 0 saturated heterocycles. The molecule has 0 radical (unpaired) electrons. The van der Waals surface area contributed by atoms with Crippen LogP contribution >= 0.6 is 22.7 Å². The molecule has 1 N–H and O–H groups in total. The lowest BCUT2D eigenvalue weighted by molar-refractivity contribution is 0.103. The van der Waals surface area contributed by atoms with E-state index in [2.05, 4.69) is 15.3 Å². The summed E-state index contributed by atoms with van der Waals surface area (Å²) in [5, 5.41) is 6.21. The fourth-order valence-corrected chi connectivity index (χ4v) is 3.65. The van der Waals surface area contributed by atoms with Gasteiger partial charge in [-0.25, -0.2) is 9.97 Å². The molecule has 0 spiro atoms. The van der Waals surface area contributed by atoms with Crippen LogP contribution in [-0.2, 0) is 0 Å². The number of benzene rings is 1. The van der Waals surface area contributed by atoms with E-state index in [9.17, 15) is 4.79 Å². The number of rotatable bonds is 4. The minimum Gasteiger partial charge on any atom is -0.497 e. The highest BCUT2D eigenvalue weighted by Crippen LogP contribution is 2.27. The van der Waals surface area contributed by atoms with Crippen molar-refractivity contribution in [3.63, 3.8) is 0 Å². The van der Waals surface area contributed by atoms with Crippen LogP contribution in [0.5, 0.6) is 5.75 Å². The average Bonchev–Trinajstić information content (AvgIpc) is 3.13. The topological polar surface area (TPSA) is 64.1 Å². The van der Waals surface area contributed by atoms with Crippen molar-refractivity contribution < 1.29 is 9.53 Å². The highest BCUT2D eigenvalue weighted by molar-refractivity contribution is 7.15. The zero-order valence-electron chi connectivity index (χ0n) is 12.9. The van der Waals surface area contributed by atoms with Gasteiger partial charge in [-0.1, -0.05) is 0 Å². The first-order chi connectivity index (χ1) is 11.1. The summed E-state index contributed by atoms with van der Waals surface area (Å²) in [5.41, 5.74) is 2.55. The predicted octanol–water partition coefficient (Wildman–Crippen LogP) is 4.14. The van der Waals surface area contributed by atoms with E-state index in [1.165, 1.54) is 22.7 Å². The summed E-state index contributed by atoms with van der Waals surface area (Å²) in [7, 11) is 1.63. The zero-order chi connectivity index (χ0) is 16.4. The lowest BCUT2D eigenvalue weighted by atomic mass is 10.2. The lowest BCUT2D eigenvalue weighted by Gasteiger charge is -2.01. The van der Waals surface area contributed by atoms with Crippen LogP contribution in [0.2, 0.25) is 0 Å². The number of thiazole rings is 2. The summed E-state index contributed by atoms with van der Waals surface area (Å²) < 4.78 is 5.15. The molecule has 2 heterocycles. The Kier molecular flexibility index (Phi) is 4.40. The molecule has 0 fully saturated rings. The van der Waals surface area contributed by atoms with Gasteiger partial charge in [-0.2, -0.15) is 0 Å². The van der Waals surface area contributed by atoms with Gasteiger partial charge in [0.1, 0.15) is 10.6 Å². The minimum absolute atomic E-state index is 0.163. The van der Waals surface area contributed by atoms with Gasteiger partial charge in [0.15, 0.2) is 5.13 Å². The molecule has 1 amide bonds. The molecular weight excluding hydrogens is 330 g/mol. The van der Waals surface area contributed by atoms with Crippen LogP contribution in [0.4, 0.5) is 5.13 Å². The number of methoxy groups -OCH3 is 1. The first-order valence-electron chi connectivity index (χ1n) is 6.92. The van der Waals surface area contributed by atoms with E-state index in [0.717, 1.165) is 27.7 Å². The Morgan fingerprint density at radius 3 is 2.52 bits per heavy atom. The SMILES string of the molecule is COc1ccc(-c2csc(NC(=O)c3sc(C)nc3C)n2)cc1. The smallest absolute Gasteiger partial charge is 0.269 e. The number of aromatic nitrogens is 2. The van der Waals surface area contributed by atoms with E-state index in [-0.39, 0.29) is 5.91 Å². The van der Waals surface area contributed by atoms with Crippen LogP contribution < -0.4 is 10.1 Å². The molecule has 2 aromatic heterocycles. The molecule has 0 unspecified atom stereocenters. The number of hydrogen-bond donors (Lipinski definition) is 1. The number of carbonyl (C=O) groups is 1. The molecule has 7 heteroatoms. The number of hydrogen-bond acceptors (Lipinski definition) is 6. The van der Waals surface area contributed by atoms with Crippen molar-refractivity contribution in [2.45, 2.75) is 13.8 Å². The quantitative estimate of drug-likeness (QED) is 0.772. The van der Waals surface area contributed by atoms with E-state index >= 15 is 0 Å². The maximum Gasteiger partial charge on any atom is 0.269 e. The molecule has 3 aromatic rings. The van der Waals surface area contributed by atoms with Crippen LogP contribution in [-0.4, -0.2) is 23.0 Å². The molecule has 0 aliphatic heterocycles. The molecule has 0 atom stereocenters. The average molecular weight is 345 g/mol. The molecule has 118 valence electrons. The van der Waals surface area contributed by atoms with E-state index in [1.54, 1.807) is 7.11 Å². The second-order valence-corrected chi connectivity index (χ2v) is 6.93. The maximum absolute atomic E-state index is 12.3. The van der Waals surface area contributed by atoms with Crippen molar-refractivity contribution in [2.24, 2.45) is 0 Å². The van der Waals surface area contributed by atoms with Crippen molar-refractivity contribution in [1.82, 2.24) is 9.97 Å². The summed E-state index contributed by atoms with van der Waals surface area (Å²) >= 11 is 2.79. The molecule has 0 saturated carbocycles. The molecule has 0 aliphatic rings. The minimum atomic E-state index is -0.163. The van der Waals surface area contributed by atoms with Gasteiger partial charge in [-0.3, -0.25) is 10.1 Å². The number of nitrogens with one attached hydrogen (secondary N) is 1. The Labute approximate surface area is 142 Å². The van der Waals surface area contributed by atoms with Crippen LogP contribution in [0.15, 0.2) is 29.6 Å². The van der Waals surface area contributed by atoms with Crippen molar-refractivity contribution >= 4 is 33.7 Å². The molecule has 1 aromatic carbocycles. The van der Waals surface area contributed by atoms with Crippen LogP contribution in [0.3, 0.4) is 0 Å². The Hall–Kier alpha value is -2.25. The van der Waals surface area contributed by atoms with E-state index in [0.29, 0.717) is 10.0 Å². The highest BCUT2D eigenvalue weighted by atomic mass is 32.1. The number of nitrogens with zero attached hydrogens (tertiary/aromatic N) is 2. The third kappa shape index (κ3) is 3.40. The van der Waals surface area contributed by atoms with E-state index in [4.69, 9.17) is 4.74 Å². The van der Waals surface area contributed by atoms with Gasteiger partial charge in [-0.15, -0.1) is 22.7 Å². The summed E-state index contributed by atoms with van der Waals surface area (Å²) in [6.45, 7) is 3.72. The van der Waals surface area contributed by atoms with Gasteiger partial charge in [0.25, 0.3) is 5.91 Å². The number of aryl methyl sites for hydroxylation is 2. The summed E-state index contributed by atoms with van der Waals surface area (Å²) in [6.07, 6.45) is 0. The van der Waals surface area contributed by atoms with Crippen molar-refractivity contribution in [1.29, 1.82) is 0 Å². The Morgan fingerprint density at radius 2 is 1.91 bits per heavy atom. The molecule has 5 nitrogen and oxygen atoms in total. The van der Waals surface area contributed by atoms with E-state index < -0.39 is 0 Å². The lowest BCUT2D eigenvalue weighted by Crippen LogP contribution is -2.11. The molecule has 0 bridgehead atoms. The summed E-state index contributed by atoms with van der Waals surface area (Å²) in [6, 6.07) is 7.65. The number of anilines is 1. The standard InChI is InChI=1S/C16H15N3O2S2/c1-9-14(23-10(2)17-9)15(20)19-16-18-13(8-22-16)11-4-6-12(21-3)7-5-11/h4-8H,1-3H3,(H,18,19,20). The van der Waals surface area contributed by atoms with Gasteiger partial charge in [0, 0.05) is 10.9 Å². The fourth-order valence-electron chi connectivity index (χ4n) is 2.12. The predicted molar refractivity (Wildman–Crippen MR) is 93.6 cm³/mol. The van der Waals surface area contributed by atoms with Crippen molar-refractivity contribution in [3.8, 4) is 17.0 Å². The van der Waals surface area contributed by atoms with Gasteiger partial charge < -0.3 is 4.74 Å². The van der Waals surface area contributed by atoms with Crippen LogP contribution in [0, 0.1) is 13.8 Å². The second kappa shape index (κ2) is 6.47.